The summed E-state index contributed by atoms with van der Waals surface area (Å²) in [5, 5.41) is 5.37. The number of hydrogen-bond acceptors (Lipinski definition) is 0. The van der Waals surface area contributed by atoms with Gasteiger partial charge in [-0.25, -0.2) is 0 Å². The molecule has 3 rings (SSSR count). The Morgan fingerprint density at radius 2 is 1.50 bits per heavy atom. The molecule has 0 unspecified atom stereocenters. The van der Waals surface area contributed by atoms with Crippen LogP contribution in [0.2, 0.25) is 0 Å². The Morgan fingerprint density at radius 1 is 0.750 bits per heavy atom. The summed E-state index contributed by atoms with van der Waals surface area (Å²) >= 11 is 0. The highest BCUT2D eigenvalue weighted by molar-refractivity contribution is 6.33. The highest BCUT2D eigenvalue weighted by Crippen LogP contribution is 2.25. The fourth-order valence-electron chi connectivity index (χ4n) is 2.29. The van der Waals surface area contributed by atoms with Crippen molar-refractivity contribution in [1.82, 2.24) is 0 Å². The van der Waals surface area contributed by atoms with Gasteiger partial charge >= 0.3 is 0 Å². The van der Waals surface area contributed by atoms with Gasteiger partial charge in [0.25, 0.3) is 0 Å². The summed E-state index contributed by atoms with van der Waals surface area (Å²) in [5.41, 5.74) is 2.64. The maximum Gasteiger partial charge on any atom is 0.139 e. The predicted molar refractivity (Wildman–Crippen MR) is 74.4 cm³/mol. The molecule has 0 radical (unpaired) electrons. The van der Waals surface area contributed by atoms with E-state index in [1.54, 1.807) is 0 Å². The van der Waals surface area contributed by atoms with E-state index in [0.29, 0.717) is 0 Å². The summed E-state index contributed by atoms with van der Waals surface area (Å²) in [4.78, 5) is 0. The van der Waals surface area contributed by atoms with Crippen LogP contribution in [0.5, 0.6) is 0 Å². The van der Waals surface area contributed by atoms with Crippen LogP contribution in [-0.4, -0.2) is 7.85 Å². The van der Waals surface area contributed by atoms with E-state index in [9.17, 15) is 0 Å². The number of fused-ring (bicyclic) bond motifs is 3. The molecule has 0 aliphatic carbocycles. The predicted octanol–water partition coefficient (Wildman–Crippen LogP) is 2.56. The van der Waals surface area contributed by atoms with E-state index in [4.69, 9.17) is 0 Å². The van der Waals surface area contributed by atoms with Crippen LogP contribution < -0.4 is 5.46 Å². The van der Waals surface area contributed by atoms with Gasteiger partial charge in [-0.15, -0.1) is 0 Å². The van der Waals surface area contributed by atoms with Gasteiger partial charge in [-0.1, -0.05) is 59.6 Å². The van der Waals surface area contributed by atoms with Crippen LogP contribution >= 0.6 is 0 Å². The first kappa shape index (κ1) is 9.47. The second-order valence-corrected chi connectivity index (χ2v) is 4.51. The molecule has 0 saturated carbocycles. The average Bonchev–Trinajstić information content (AvgIpc) is 2.28. The summed E-state index contributed by atoms with van der Waals surface area (Å²) in [6.07, 6.45) is 0. The van der Waals surface area contributed by atoms with Gasteiger partial charge in [-0.2, -0.15) is 0 Å². The lowest BCUT2D eigenvalue weighted by Gasteiger charge is -2.05. The van der Waals surface area contributed by atoms with Crippen LogP contribution in [0.3, 0.4) is 0 Å². The van der Waals surface area contributed by atoms with Crippen molar-refractivity contribution >= 4 is 34.9 Å². The monoisotopic (exact) mass is 204 g/mol. The summed E-state index contributed by atoms with van der Waals surface area (Å²) < 4.78 is 0. The minimum absolute atomic E-state index is 1.32. The molecule has 1 heteroatoms. The maximum atomic E-state index is 2.27. The molecule has 0 aromatic heterocycles. The smallest absolute Gasteiger partial charge is 0.0883 e. The first-order valence-corrected chi connectivity index (χ1v) is 5.64. The van der Waals surface area contributed by atoms with E-state index in [0.717, 1.165) is 0 Å². The zero-order valence-electron chi connectivity index (χ0n) is 9.62. The van der Waals surface area contributed by atoms with Crippen molar-refractivity contribution in [2.24, 2.45) is 0 Å². The Labute approximate surface area is 96.3 Å². The lowest BCUT2D eigenvalue weighted by molar-refractivity contribution is 1.51. The fourth-order valence-corrected chi connectivity index (χ4v) is 2.29. The van der Waals surface area contributed by atoms with Gasteiger partial charge in [0.2, 0.25) is 0 Å². The van der Waals surface area contributed by atoms with Gasteiger partial charge in [-0.05, 0) is 28.5 Å². The third kappa shape index (κ3) is 1.40. The summed E-state index contributed by atoms with van der Waals surface area (Å²) in [7, 11) is 2.14. The van der Waals surface area contributed by atoms with Gasteiger partial charge in [0, 0.05) is 0 Å². The van der Waals surface area contributed by atoms with E-state index in [1.165, 1.54) is 32.6 Å². The van der Waals surface area contributed by atoms with Crippen molar-refractivity contribution in [3.05, 3.63) is 54.1 Å². The van der Waals surface area contributed by atoms with Gasteiger partial charge < -0.3 is 0 Å². The summed E-state index contributed by atoms with van der Waals surface area (Å²) in [5.74, 6) is 0. The molecule has 76 valence electrons. The second-order valence-electron chi connectivity index (χ2n) is 4.51. The summed E-state index contributed by atoms with van der Waals surface area (Å²) in [6, 6.07) is 17.7. The minimum atomic E-state index is 1.32. The molecule has 0 spiro atoms. The van der Waals surface area contributed by atoms with Crippen molar-refractivity contribution in [2.45, 2.75) is 6.92 Å². The van der Waals surface area contributed by atoms with Crippen LogP contribution in [0.1, 0.15) is 5.56 Å². The Bertz CT molecular complexity index is 683. The highest BCUT2D eigenvalue weighted by Gasteiger charge is 2.00. The molecular weight excluding hydrogens is 191 g/mol. The van der Waals surface area contributed by atoms with E-state index in [2.05, 4.69) is 63.3 Å². The molecule has 0 aliphatic heterocycles. The van der Waals surface area contributed by atoms with Crippen molar-refractivity contribution in [3.63, 3.8) is 0 Å². The van der Waals surface area contributed by atoms with Crippen molar-refractivity contribution < 1.29 is 0 Å². The Morgan fingerprint density at radius 3 is 2.38 bits per heavy atom. The van der Waals surface area contributed by atoms with E-state index in [-0.39, 0.29) is 0 Å². The quantitative estimate of drug-likeness (QED) is 0.390. The lowest BCUT2D eigenvalue weighted by Crippen LogP contribution is -1.99. The molecular formula is C15H13B. The standard InChI is InChI=1S/C15H13B/c1-10-2-3-11-4-5-12-9-13(16)6-7-14(12)15(11)8-10/h2-9H,16H2,1H3. The molecule has 0 amide bonds. The second kappa shape index (κ2) is 3.38. The van der Waals surface area contributed by atoms with Crippen LogP contribution in [0.15, 0.2) is 48.5 Å². The molecule has 3 aromatic rings. The fraction of sp³-hybridized carbons (Fsp3) is 0.0667. The van der Waals surface area contributed by atoms with Gasteiger partial charge in [0.1, 0.15) is 7.85 Å². The molecule has 0 fully saturated rings. The molecule has 0 atom stereocenters. The zero-order valence-corrected chi connectivity index (χ0v) is 9.62. The molecule has 0 bridgehead atoms. The Kier molecular flexibility index (Phi) is 2.00. The third-order valence-corrected chi connectivity index (χ3v) is 3.15. The van der Waals surface area contributed by atoms with E-state index in [1.807, 2.05) is 0 Å². The van der Waals surface area contributed by atoms with E-state index < -0.39 is 0 Å². The normalized spacial score (nSPS) is 11.1. The first-order valence-electron chi connectivity index (χ1n) is 5.64. The number of rotatable bonds is 0. The molecule has 0 saturated heterocycles. The van der Waals surface area contributed by atoms with Crippen molar-refractivity contribution in [2.75, 3.05) is 0 Å². The molecule has 0 N–H and O–H groups in total. The summed E-state index contributed by atoms with van der Waals surface area (Å²) in [6.45, 7) is 2.15. The minimum Gasteiger partial charge on any atom is -0.0883 e. The van der Waals surface area contributed by atoms with Gasteiger partial charge in [0.05, 0.1) is 0 Å². The van der Waals surface area contributed by atoms with Gasteiger partial charge in [-0.3, -0.25) is 0 Å². The maximum absolute atomic E-state index is 2.27. The highest BCUT2D eigenvalue weighted by atomic mass is 14.0. The topological polar surface area (TPSA) is 0 Å². The molecule has 0 aliphatic rings. The Hall–Kier alpha value is -1.76. The molecule has 0 nitrogen and oxygen atoms in total. The number of hydrogen-bond donors (Lipinski definition) is 0. The van der Waals surface area contributed by atoms with Crippen LogP contribution in [0.4, 0.5) is 0 Å². The Balaban J connectivity index is 2.52. The number of benzene rings is 3. The number of aryl methyl sites for hydroxylation is 1. The third-order valence-electron chi connectivity index (χ3n) is 3.15. The van der Waals surface area contributed by atoms with Crippen molar-refractivity contribution in [1.29, 1.82) is 0 Å². The van der Waals surface area contributed by atoms with Crippen LogP contribution in [0.25, 0.3) is 21.5 Å². The first-order chi connectivity index (χ1) is 7.74. The lowest BCUT2D eigenvalue weighted by atomic mass is 9.91. The largest absolute Gasteiger partial charge is 0.139 e. The van der Waals surface area contributed by atoms with Crippen molar-refractivity contribution in [3.8, 4) is 0 Å². The van der Waals surface area contributed by atoms with Crippen LogP contribution in [0, 0.1) is 6.92 Å². The SMILES string of the molecule is Bc1ccc2c(ccc3ccc(C)cc32)c1. The molecule has 3 aromatic carbocycles. The molecule has 16 heavy (non-hydrogen) atoms. The molecule has 0 heterocycles. The van der Waals surface area contributed by atoms with Gasteiger partial charge in [0.15, 0.2) is 0 Å². The van der Waals surface area contributed by atoms with E-state index >= 15 is 0 Å². The zero-order chi connectivity index (χ0) is 11.1. The van der Waals surface area contributed by atoms with Crippen LogP contribution in [-0.2, 0) is 0 Å². The average molecular weight is 204 g/mol.